The van der Waals surface area contributed by atoms with Gasteiger partial charge in [-0.15, -0.1) is 10.2 Å². The minimum atomic E-state index is -0.228. The highest BCUT2D eigenvalue weighted by molar-refractivity contribution is 5.83. The van der Waals surface area contributed by atoms with Gasteiger partial charge in [0, 0.05) is 25.5 Å². The maximum absolute atomic E-state index is 12.7. The summed E-state index contributed by atoms with van der Waals surface area (Å²) in [6.07, 6.45) is 10.3. The van der Waals surface area contributed by atoms with E-state index in [1.807, 2.05) is 4.57 Å². The van der Waals surface area contributed by atoms with Crippen LogP contribution < -0.4 is 5.32 Å². The molecule has 0 spiro atoms. The van der Waals surface area contributed by atoms with Crippen molar-refractivity contribution in [1.29, 1.82) is 0 Å². The Morgan fingerprint density at radius 2 is 2.04 bits per heavy atom. The standard InChI is InChI=1S/C18H25N7O/c26-18(21-6-4-11-24-9-1-2-10-24)14-5-3-12-25-16(14)22-23-17(25)15-13-19-7-8-20-15/h7-8,13-14H,1-6,9-12H2,(H,21,26). The van der Waals surface area contributed by atoms with Crippen LogP contribution in [-0.2, 0) is 11.3 Å². The molecule has 1 unspecified atom stereocenters. The molecule has 0 radical (unpaired) electrons. The van der Waals surface area contributed by atoms with Crippen LogP contribution in [0.1, 0.15) is 43.8 Å². The highest BCUT2D eigenvalue weighted by atomic mass is 16.1. The minimum absolute atomic E-state index is 0.0606. The smallest absolute Gasteiger partial charge is 0.230 e. The van der Waals surface area contributed by atoms with Crippen molar-refractivity contribution in [3.05, 3.63) is 24.4 Å². The summed E-state index contributed by atoms with van der Waals surface area (Å²) < 4.78 is 2.02. The summed E-state index contributed by atoms with van der Waals surface area (Å²) in [5.74, 6) is 1.27. The van der Waals surface area contributed by atoms with Crippen molar-refractivity contribution in [2.24, 2.45) is 0 Å². The highest BCUT2D eigenvalue weighted by Gasteiger charge is 2.31. The average molecular weight is 355 g/mol. The molecule has 1 N–H and O–H groups in total. The number of likely N-dealkylation sites (tertiary alicyclic amines) is 1. The number of rotatable bonds is 6. The van der Waals surface area contributed by atoms with E-state index in [1.54, 1.807) is 18.6 Å². The molecule has 4 heterocycles. The maximum Gasteiger partial charge on any atom is 0.230 e. The van der Waals surface area contributed by atoms with E-state index in [-0.39, 0.29) is 11.8 Å². The van der Waals surface area contributed by atoms with Crippen LogP contribution in [0.3, 0.4) is 0 Å². The molecule has 1 saturated heterocycles. The zero-order valence-electron chi connectivity index (χ0n) is 15.0. The van der Waals surface area contributed by atoms with E-state index in [0.29, 0.717) is 11.5 Å². The van der Waals surface area contributed by atoms with Gasteiger partial charge in [-0.3, -0.25) is 9.78 Å². The maximum atomic E-state index is 12.7. The second-order valence-electron chi connectivity index (χ2n) is 7.01. The zero-order chi connectivity index (χ0) is 17.8. The molecule has 8 heteroatoms. The Morgan fingerprint density at radius 3 is 2.85 bits per heavy atom. The van der Waals surface area contributed by atoms with Gasteiger partial charge in [0.2, 0.25) is 5.91 Å². The van der Waals surface area contributed by atoms with Gasteiger partial charge >= 0.3 is 0 Å². The molecule has 0 aliphatic carbocycles. The van der Waals surface area contributed by atoms with Gasteiger partial charge < -0.3 is 14.8 Å². The van der Waals surface area contributed by atoms with Crippen LogP contribution >= 0.6 is 0 Å². The lowest BCUT2D eigenvalue weighted by molar-refractivity contribution is -0.123. The molecule has 1 atom stereocenters. The Balaban J connectivity index is 1.38. The van der Waals surface area contributed by atoms with Crippen molar-refractivity contribution < 1.29 is 4.79 Å². The first-order chi connectivity index (χ1) is 12.8. The molecule has 8 nitrogen and oxygen atoms in total. The van der Waals surface area contributed by atoms with Gasteiger partial charge in [0.1, 0.15) is 11.5 Å². The molecule has 2 aliphatic rings. The summed E-state index contributed by atoms with van der Waals surface area (Å²) in [6.45, 7) is 5.00. The number of carbonyl (C=O) groups excluding carboxylic acids is 1. The monoisotopic (exact) mass is 355 g/mol. The van der Waals surface area contributed by atoms with Gasteiger partial charge in [0.15, 0.2) is 5.82 Å². The molecule has 1 fully saturated rings. The molecule has 0 saturated carbocycles. The van der Waals surface area contributed by atoms with Gasteiger partial charge in [-0.25, -0.2) is 4.98 Å². The van der Waals surface area contributed by atoms with Crippen molar-refractivity contribution in [3.8, 4) is 11.5 Å². The van der Waals surface area contributed by atoms with Crippen LogP contribution in [0.5, 0.6) is 0 Å². The first kappa shape index (κ1) is 17.1. The van der Waals surface area contributed by atoms with Crippen molar-refractivity contribution in [2.75, 3.05) is 26.2 Å². The molecule has 2 aromatic rings. The van der Waals surface area contributed by atoms with E-state index < -0.39 is 0 Å². The molecular weight excluding hydrogens is 330 g/mol. The fourth-order valence-corrected chi connectivity index (χ4v) is 3.87. The van der Waals surface area contributed by atoms with Crippen molar-refractivity contribution in [3.63, 3.8) is 0 Å². The number of aromatic nitrogens is 5. The lowest BCUT2D eigenvalue weighted by Crippen LogP contribution is -2.35. The number of carbonyl (C=O) groups is 1. The molecule has 2 aliphatic heterocycles. The normalized spacial score (nSPS) is 20.1. The van der Waals surface area contributed by atoms with Crippen molar-refractivity contribution in [1.82, 2.24) is 34.9 Å². The summed E-state index contributed by atoms with van der Waals surface area (Å²) >= 11 is 0. The minimum Gasteiger partial charge on any atom is -0.355 e. The molecule has 0 bridgehead atoms. The van der Waals surface area contributed by atoms with Gasteiger partial charge in [-0.1, -0.05) is 0 Å². The Labute approximate surface area is 153 Å². The lowest BCUT2D eigenvalue weighted by atomic mass is 9.97. The summed E-state index contributed by atoms with van der Waals surface area (Å²) in [5.41, 5.74) is 0.693. The topological polar surface area (TPSA) is 88.8 Å². The third kappa shape index (κ3) is 3.60. The Bertz CT molecular complexity index is 739. The predicted octanol–water partition coefficient (Wildman–Crippen LogP) is 1.21. The van der Waals surface area contributed by atoms with E-state index in [4.69, 9.17) is 0 Å². The Kier molecular flexibility index (Phi) is 5.19. The molecule has 138 valence electrons. The fourth-order valence-electron chi connectivity index (χ4n) is 3.87. The van der Waals surface area contributed by atoms with E-state index in [2.05, 4.69) is 30.4 Å². The van der Waals surface area contributed by atoms with E-state index >= 15 is 0 Å². The van der Waals surface area contributed by atoms with E-state index in [0.717, 1.165) is 44.7 Å². The van der Waals surface area contributed by atoms with Crippen LogP contribution in [0.4, 0.5) is 0 Å². The van der Waals surface area contributed by atoms with Crippen molar-refractivity contribution in [2.45, 2.75) is 44.6 Å². The first-order valence-electron chi connectivity index (χ1n) is 9.52. The van der Waals surface area contributed by atoms with E-state index in [1.165, 1.54) is 25.9 Å². The summed E-state index contributed by atoms with van der Waals surface area (Å²) in [5, 5.41) is 11.7. The Hall–Kier alpha value is -2.35. The van der Waals surface area contributed by atoms with Gasteiger partial charge in [0.25, 0.3) is 0 Å². The van der Waals surface area contributed by atoms with E-state index in [9.17, 15) is 4.79 Å². The van der Waals surface area contributed by atoms with Crippen LogP contribution in [-0.4, -0.2) is 61.7 Å². The van der Waals surface area contributed by atoms with Gasteiger partial charge in [-0.05, 0) is 51.7 Å². The Morgan fingerprint density at radius 1 is 1.15 bits per heavy atom. The first-order valence-corrected chi connectivity index (χ1v) is 9.52. The number of amides is 1. The summed E-state index contributed by atoms with van der Waals surface area (Å²) in [4.78, 5) is 23.5. The molecule has 26 heavy (non-hydrogen) atoms. The number of nitrogens with zero attached hydrogens (tertiary/aromatic N) is 6. The van der Waals surface area contributed by atoms with Crippen LogP contribution in [0, 0.1) is 0 Å². The highest BCUT2D eigenvalue weighted by Crippen LogP contribution is 2.29. The summed E-state index contributed by atoms with van der Waals surface area (Å²) in [7, 11) is 0. The largest absolute Gasteiger partial charge is 0.355 e. The quantitative estimate of drug-likeness (QED) is 0.784. The molecule has 0 aromatic carbocycles. The number of hydrogen-bond acceptors (Lipinski definition) is 6. The molecule has 1 amide bonds. The molecular formula is C18H25N7O. The molecule has 2 aromatic heterocycles. The van der Waals surface area contributed by atoms with Gasteiger partial charge in [-0.2, -0.15) is 0 Å². The molecule has 4 rings (SSSR count). The average Bonchev–Trinajstić information content (AvgIpc) is 3.35. The zero-order valence-corrected chi connectivity index (χ0v) is 15.0. The fraction of sp³-hybridized carbons (Fsp3) is 0.611. The number of nitrogens with one attached hydrogen (secondary N) is 1. The van der Waals surface area contributed by atoms with Crippen LogP contribution in [0.2, 0.25) is 0 Å². The summed E-state index contributed by atoms with van der Waals surface area (Å²) in [6, 6.07) is 0. The second kappa shape index (κ2) is 7.90. The van der Waals surface area contributed by atoms with Crippen molar-refractivity contribution >= 4 is 5.91 Å². The second-order valence-corrected chi connectivity index (χ2v) is 7.01. The number of fused-ring (bicyclic) bond motifs is 1. The van der Waals surface area contributed by atoms with Crippen LogP contribution in [0.25, 0.3) is 11.5 Å². The van der Waals surface area contributed by atoms with Gasteiger partial charge in [0.05, 0.1) is 12.1 Å². The third-order valence-corrected chi connectivity index (χ3v) is 5.22. The SMILES string of the molecule is O=C(NCCCN1CCCC1)C1CCCn2c(-c3cnccn3)nnc21. The number of hydrogen-bond donors (Lipinski definition) is 1. The predicted molar refractivity (Wildman–Crippen MR) is 96.3 cm³/mol. The lowest BCUT2D eigenvalue weighted by Gasteiger charge is -2.23. The van der Waals surface area contributed by atoms with Crippen LogP contribution in [0.15, 0.2) is 18.6 Å². The third-order valence-electron chi connectivity index (χ3n) is 5.22.